The van der Waals surface area contributed by atoms with Gasteiger partial charge in [0.25, 0.3) is 5.91 Å². The summed E-state index contributed by atoms with van der Waals surface area (Å²) in [6.07, 6.45) is 6.06. The molecule has 0 radical (unpaired) electrons. The smallest absolute Gasteiger partial charge is 0.265 e. The zero-order valence-corrected chi connectivity index (χ0v) is 13.8. The highest BCUT2D eigenvalue weighted by atomic mass is 32.1. The number of likely N-dealkylation sites (tertiary alicyclic amines) is 1. The summed E-state index contributed by atoms with van der Waals surface area (Å²) in [5.74, 6) is 0.745. The van der Waals surface area contributed by atoms with Gasteiger partial charge in [-0.25, -0.2) is 4.98 Å². The first-order chi connectivity index (χ1) is 10.0. The molecule has 1 aliphatic carbocycles. The Morgan fingerprint density at radius 1 is 1.48 bits per heavy atom. The molecule has 1 saturated carbocycles. The molecule has 1 aliphatic heterocycles. The van der Waals surface area contributed by atoms with Gasteiger partial charge in [0, 0.05) is 19.0 Å². The molecule has 1 amide bonds. The topological polar surface area (TPSA) is 59.2 Å². The van der Waals surface area contributed by atoms with E-state index in [4.69, 9.17) is 5.73 Å². The van der Waals surface area contributed by atoms with Crippen molar-refractivity contribution < 1.29 is 4.79 Å². The molecule has 2 aliphatic rings. The Kier molecular flexibility index (Phi) is 4.06. The predicted octanol–water partition coefficient (Wildman–Crippen LogP) is 2.92. The SMILES string of the molecule is Cc1nc(C2CCCC2)sc1C(=O)N1CCC(C)(CN)C1. The van der Waals surface area contributed by atoms with Crippen LogP contribution >= 0.6 is 11.3 Å². The Labute approximate surface area is 130 Å². The van der Waals surface area contributed by atoms with Crippen molar-refractivity contribution in [1.29, 1.82) is 0 Å². The number of nitrogens with two attached hydrogens (primary N) is 1. The molecule has 21 heavy (non-hydrogen) atoms. The van der Waals surface area contributed by atoms with E-state index in [1.807, 2.05) is 11.8 Å². The van der Waals surface area contributed by atoms with E-state index in [0.717, 1.165) is 30.1 Å². The molecule has 1 aromatic heterocycles. The zero-order valence-electron chi connectivity index (χ0n) is 13.0. The fraction of sp³-hybridized carbons (Fsp3) is 0.750. The zero-order chi connectivity index (χ0) is 15.0. The van der Waals surface area contributed by atoms with Crippen LogP contribution in [-0.2, 0) is 0 Å². The van der Waals surface area contributed by atoms with Gasteiger partial charge in [-0.3, -0.25) is 4.79 Å². The van der Waals surface area contributed by atoms with E-state index in [2.05, 4.69) is 11.9 Å². The van der Waals surface area contributed by atoms with Crippen molar-refractivity contribution in [3.63, 3.8) is 0 Å². The number of hydrogen-bond acceptors (Lipinski definition) is 4. The Bertz CT molecular complexity index is 536. The molecule has 1 aromatic rings. The van der Waals surface area contributed by atoms with Crippen LogP contribution < -0.4 is 5.73 Å². The molecule has 5 heteroatoms. The first-order valence-corrected chi connectivity index (χ1v) is 8.81. The van der Waals surface area contributed by atoms with E-state index in [-0.39, 0.29) is 11.3 Å². The standard InChI is InChI=1S/C16H25N3OS/c1-11-13(21-14(18-11)12-5-3-4-6-12)15(20)19-8-7-16(2,9-17)10-19/h12H,3-10,17H2,1-2H3. The maximum absolute atomic E-state index is 12.8. The summed E-state index contributed by atoms with van der Waals surface area (Å²) in [7, 11) is 0. The van der Waals surface area contributed by atoms with Crippen molar-refractivity contribution in [1.82, 2.24) is 9.88 Å². The third-order valence-electron chi connectivity index (χ3n) is 5.05. The molecule has 2 heterocycles. The molecule has 0 spiro atoms. The van der Waals surface area contributed by atoms with Gasteiger partial charge in [-0.15, -0.1) is 11.3 Å². The number of rotatable bonds is 3. The summed E-state index contributed by atoms with van der Waals surface area (Å²) < 4.78 is 0. The van der Waals surface area contributed by atoms with Gasteiger partial charge >= 0.3 is 0 Å². The summed E-state index contributed by atoms with van der Waals surface area (Å²) in [6, 6.07) is 0. The van der Waals surface area contributed by atoms with Crippen molar-refractivity contribution in [2.45, 2.75) is 51.9 Å². The van der Waals surface area contributed by atoms with Gasteiger partial charge in [0.2, 0.25) is 0 Å². The molecule has 0 aromatic carbocycles. The maximum Gasteiger partial charge on any atom is 0.265 e. The maximum atomic E-state index is 12.8. The van der Waals surface area contributed by atoms with Crippen LogP contribution in [0.25, 0.3) is 0 Å². The fourth-order valence-corrected chi connectivity index (χ4v) is 4.67. The Morgan fingerprint density at radius 3 is 2.81 bits per heavy atom. The third kappa shape index (κ3) is 2.86. The largest absolute Gasteiger partial charge is 0.337 e. The van der Waals surface area contributed by atoms with Gasteiger partial charge in [-0.1, -0.05) is 19.8 Å². The summed E-state index contributed by atoms with van der Waals surface area (Å²) in [5, 5.41) is 1.18. The average Bonchev–Trinajstić information content (AvgIpc) is 3.17. The second-order valence-corrected chi connectivity index (χ2v) is 7.97. The van der Waals surface area contributed by atoms with E-state index in [9.17, 15) is 4.79 Å². The number of aromatic nitrogens is 1. The average molecular weight is 307 g/mol. The number of aryl methyl sites for hydroxylation is 1. The first kappa shape index (κ1) is 15.0. The van der Waals surface area contributed by atoms with Crippen LogP contribution in [0.1, 0.15) is 65.3 Å². The first-order valence-electron chi connectivity index (χ1n) is 7.99. The Balaban J connectivity index is 1.76. The lowest BCUT2D eigenvalue weighted by atomic mass is 9.90. The number of amides is 1. The van der Waals surface area contributed by atoms with Crippen LogP contribution in [0.15, 0.2) is 0 Å². The van der Waals surface area contributed by atoms with Crippen LogP contribution in [0.4, 0.5) is 0 Å². The minimum absolute atomic E-state index is 0.0858. The quantitative estimate of drug-likeness (QED) is 0.934. The normalized spacial score (nSPS) is 26.7. The van der Waals surface area contributed by atoms with E-state index < -0.39 is 0 Å². The van der Waals surface area contributed by atoms with E-state index in [1.54, 1.807) is 11.3 Å². The molecule has 4 nitrogen and oxygen atoms in total. The Morgan fingerprint density at radius 2 is 2.19 bits per heavy atom. The Hall–Kier alpha value is -0.940. The second kappa shape index (κ2) is 5.69. The summed E-state index contributed by atoms with van der Waals surface area (Å²) >= 11 is 1.63. The highest BCUT2D eigenvalue weighted by Crippen LogP contribution is 2.38. The molecule has 3 rings (SSSR count). The molecule has 116 valence electrons. The summed E-state index contributed by atoms with van der Waals surface area (Å²) in [6.45, 7) is 6.39. The van der Waals surface area contributed by atoms with E-state index in [1.165, 1.54) is 30.7 Å². The molecular weight excluding hydrogens is 282 g/mol. The lowest BCUT2D eigenvalue weighted by molar-refractivity contribution is 0.0780. The van der Waals surface area contributed by atoms with Crippen molar-refractivity contribution in [3.05, 3.63) is 15.6 Å². The number of nitrogens with zero attached hydrogens (tertiary/aromatic N) is 2. The van der Waals surface area contributed by atoms with Gasteiger partial charge in [0.15, 0.2) is 0 Å². The van der Waals surface area contributed by atoms with Gasteiger partial charge < -0.3 is 10.6 Å². The van der Waals surface area contributed by atoms with Gasteiger partial charge in [-0.05, 0) is 38.1 Å². The van der Waals surface area contributed by atoms with Gasteiger partial charge in [0.05, 0.1) is 10.7 Å². The number of thiazole rings is 1. The van der Waals surface area contributed by atoms with E-state index in [0.29, 0.717) is 12.5 Å². The minimum Gasteiger partial charge on any atom is -0.337 e. The van der Waals surface area contributed by atoms with Gasteiger partial charge in [0.1, 0.15) is 4.88 Å². The second-order valence-electron chi connectivity index (χ2n) is 6.94. The monoisotopic (exact) mass is 307 g/mol. The molecular formula is C16H25N3OS. The number of carbonyl (C=O) groups excluding carboxylic acids is 1. The van der Waals surface area contributed by atoms with Crippen molar-refractivity contribution >= 4 is 17.2 Å². The fourth-order valence-electron chi connectivity index (χ4n) is 3.47. The van der Waals surface area contributed by atoms with Crippen LogP contribution in [0.5, 0.6) is 0 Å². The molecule has 1 saturated heterocycles. The lowest BCUT2D eigenvalue weighted by Gasteiger charge is -2.22. The molecule has 2 fully saturated rings. The highest BCUT2D eigenvalue weighted by molar-refractivity contribution is 7.13. The molecule has 2 N–H and O–H groups in total. The van der Waals surface area contributed by atoms with E-state index >= 15 is 0 Å². The third-order valence-corrected chi connectivity index (χ3v) is 6.36. The van der Waals surface area contributed by atoms with Crippen LogP contribution in [0, 0.1) is 12.3 Å². The summed E-state index contributed by atoms with van der Waals surface area (Å²) in [4.78, 5) is 20.3. The minimum atomic E-state index is 0.0858. The summed E-state index contributed by atoms with van der Waals surface area (Å²) in [5.41, 5.74) is 6.83. The van der Waals surface area contributed by atoms with Crippen LogP contribution in [0.3, 0.4) is 0 Å². The van der Waals surface area contributed by atoms with Crippen molar-refractivity contribution in [3.8, 4) is 0 Å². The molecule has 1 atom stereocenters. The van der Waals surface area contributed by atoms with Crippen LogP contribution in [0.2, 0.25) is 0 Å². The van der Waals surface area contributed by atoms with Crippen molar-refractivity contribution in [2.75, 3.05) is 19.6 Å². The number of carbonyl (C=O) groups is 1. The molecule has 1 unspecified atom stereocenters. The van der Waals surface area contributed by atoms with Crippen molar-refractivity contribution in [2.24, 2.45) is 11.1 Å². The predicted molar refractivity (Wildman–Crippen MR) is 85.7 cm³/mol. The highest BCUT2D eigenvalue weighted by Gasteiger charge is 2.36. The molecule has 0 bridgehead atoms. The van der Waals surface area contributed by atoms with Crippen LogP contribution in [-0.4, -0.2) is 35.4 Å². The lowest BCUT2D eigenvalue weighted by Crippen LogP contribution is -2.34. The van der Waals surface area contributed by atoms with Gasteiger partial charge in [-0.2, -0.15) is 0 Å². The number of hydrogen-bond donors (Lipinski definition) is 1.